The van der Waals surface area contributed by atoms with Gasteiger partial charge in [0, 0.05) is 12.2 Å². The summed E-state index contributed by atoms with van der Waals surface area (Å²) < 4.78 is 0. The number of hydrogen-bond donors (Lipinski definition) is 2. The van der Waals surface area contributed by atoms with Gasteiger partial charge in [0.25, 0.3) is 0 Å². The number of anilines is 1. The molecule has 108 valence electrons. The van der Waals surface area contributed by atoms with Crippen LogP contribution in [0.4, 0.5) is 5.69 Å². The molecule has 0 radical (unpaired) electrons. The molecule has 5 nitrogen and oxygen atoms in total. The number of carboxylic acids is 1. The average molecular weight is 276 g/mol. The summed E-state index contributed by atoms with van der Waals surface area (Å²) in [5.74, 6) is -0.903. The van der Waals surface area contributed by atoms with Crippen LogP contribution in [0.5, 0.6) is 0 Å². The Hall–Kier alpha value is -1.88. The molecule has 0 fully saturated rings. The topological polar surface area (TPSA) is 83.6 Å². The first-order chi connectivity index (χ1) is 9.45. The number of rotatable bonds is 4. The van der Waals surface area contributed by atoms with Crippen molar-refractivity contribution in [2.75, 3.05) is 11.4 Å². The van der Waals surface area contributed by atoms with Crippen molar-refractivity contribution in [1.29, 1.82) is 0 Å². The van der Waals surface area contributed by atoms with Crippen LogP contribution in [0, 0.1) is 5.92 Å². The molecule has 1 aliphatic heterocycles. The standard InChI is InChI=1S/C15H20N2O3/c1-3-9(2)13(16)14(18)17-7-6-10-8-11(15(19)20)4-5-12(10)17/h4-5,8-9,13H,3,6-7,16H2,1-2H3,(H,19,20)/t9?,13-/m0/s1. The molecule has 0 saturated heterocycles. The first-order valence-electron chi connectivity index (χ1n) is 6.88. The molecule has 0 spiro atoms. The Morgan fingerprint density at radius 2 is 2.15 bits per heavy atom. The molecule has 0 aliphatic carbocycles. The largest absolute Gasteiger partial charge is 0.478 e. The molecule has 1 unspecified atom stereocenters. The lowest BCUT2D eigenvalue weighted by Crippen LogP contribution is -2.46. The number of benzene rings is 1. The summed E-state index contributed by atoms with van der Waals surface area (Å²) in [6.45, 7) is 4.54. The minimum Gasteiger partial charge on any atom is -0.478 e. The van der Waals surface area contributed by atoms with Crippen LogP contribution in [0.15, 0.2) is 18.2 Å². The van der Waals surface area contributed by atoms with Crippen molar-refractivity contribution in [2.45, 2.75) is 32.7 Å². The SMILES string of the molecule is CCC(C)[C@H](N)C(=O)N1CCc2cc(C(=O)O)ccc21. The van der Waals surface area contributed by atoms with Gasteiger partial charge in [-0.2, -0.15) is 0 Å². The zero-order valence-corrected chi connectivity index (χ0v) is 11.8. The number of carbonyl (C=O) groups is 2. The summed E-state index contributed by atoms with van der Waals surface area (Å²) in [7, 11) is 0. The third-order valence-electron chi connectivity index (χ3n) is 4.03. The van der Waals surface area contributed by atoms with E-state index in [4.69, 9.17) is 10.8 Å². The highest BCUT2D eigenvalue weighted by Crippen LogP contribution is 2.30. The number of carboxylic acid groups (broad SMARTS) is 1. The zero-order chi connectivity index (χ0) is 14.9. The minimum absolute atomic E-state index is 0.0822. The third-order valence-corrected chi connectivity index (χ3v) is 4.03. The first-order valence-corrected chi connectivity index (χ1v) is 6.88. The molecule has 1 aliphatic rings. The maximum atomic E-state index is 12.4. The number of nitrogens with zero attached hydrogens (tertiary/aromatic N) is 1. The summed E-state index contributed by atoms with van der Waals surface area (Å²) in [6.07, 6.45) is 1.53. The second-order valence-electron chi connectivity index (χ2n) is 5.30. The van der Waals surface area contributed by atoms with Gasteiger partial charge in [-0.15, -0.1) is 0 Å². The predicted octanol–water partition coefficient (Wildman–Crippen LogP) is 1.65. The van der Waals surface area contributed by atoms with Gasteiger partial charge in [0.15, 0.2) is 0 Å². The first kappa shape index (κ1) is 14.5. The molecule has 2 rings (SSSR count). The Balaban J connectivity index is 2.24. The number of hydrogen-bond acceptors (Lipinski definition) is 3. The van der Waals surface area contributed by atoms with Crippen molar-refractivity contribution in [1.82, 2.24) is 0 Å². The van der Waals surface area contributed by atoms with Gasteiger partial charge in [-0.05, 0) is 36.1 Å². The summed E-state index contributed by atoms with van der Waals surface area (Å²) >= 11 is 0. The Morgan fingerprint density at radius 3 is 2.75 bits per heavy atom. The van der Waals surface area contributed by atoms with Gasteiger partial charge in [-0.1, -0.05) is 20.3 Å². The fourth-order valence-electron chi connectivity index (χ4n) is 2.44. The summed E-state index contributed by atoms with van der Waals surface area (Å²) in [5, 5.41) is 8.98. The van der Waals surface area contributed by atoms with E-state index in [-0.39, 0.29) is 17.4 Å². The maximum Gasteiger partial charge on any atom is 0.335 e. The lowest BCUT2D eigenvalue weighted by atomic mass is 9.99. The Morgan fingerprint density at radius 1 is 1.45 bits per heavy atom. The number of amides is 1. The summed E-state index contributed by atoms with van der Waals surface area (Å²) in [6, 6.07) is 4.36. The normalized spacial score (nSPS) is 16.6. The van der Waals surface area contributed by atoms with Crippen LogP contribution in [0.2, 0.25) is 0 Å². The molecule has 2 atom stereocenters. The lowest BCUT2D eigenvalue weighted by Gasteiger charge is -2.24. The zero-order valence-electron chi connectivity index (χ0n) is 11.8. The van der Waals surface area contributed by atoms with E-state index in [0.29, 0.717) is 13.0 Å². The van der Waals surface area contributed by atoms with E-state index in [1.165, 1.54) is 6.07 Å². The molecule has 0 saturated carbocycles. The van der Waals surface area contributed by atoms with E-state index in [1.54, 1.807) is 17.0 Å². The quantitative estimate of drug-likeness (QED) is 0.875. The van der Waals surface area contributed by atoms with Crippen molar-refractivity contribution in [2.24, 2.45) is 11.7 Å². The van der Waals surface area contributed by atoms with E-state index in [2.05, 4.69) is 0 Å². The van der Waals surface area contributed by atoms with Crippen LogP contribution in [0.1, 0.15) is 36.2 Å². The average Bonchev–Trinajstić information content (AvgIpc) is 2.87. The third kappa shape index (κ3) is 2.54. The van der Waals surface area contributed by atoms with Crippen LogP contribution in [-0.2, 0) is 11.2 Å². The van der Waals surface area contributed by atoms with Gasteiger partial charge in [0.1, 0.15) is 0 Å². The second kappa shape index (κ2) is 5.63. The van der Waals surface area contributed by atoms with Gasteiger partial charge >= 0.3 is 5.97 Å². The van der Waals surface area contributed by atoms with Crippen LogP contribution in [0.3, 0.4) is 0 Å². The minimum atomic E-state index is -0.950. The molecule has 1 heterocycles. The van der Waals surface area contributed by atoms with Crippen molar-refractivity contribution in [3.63, 3.8) is 0 Å². The smallest absolute Gasteiger partial charge is 0.335 e. The summed E-state index contributed by atoms with van der Waals surface area (Å²) in [4.78, 5) is 25.0. The van der Waals surface area contributed by atoms with Crippen molar-refractivity contribution >= 4 is 17.6 Å². The van der Waals surface area contributed by atoms with Crippen molar-refractivity contribution < 1.29 is 14.7 Å². The second-order valence-corrected chi connectivity index (χ2v) is 5.30. The van der Waals surface area contributed by atoms with E-state index in [0.717, 1.165) is 17.7 Å². The highest BCUT2D eigenvalue weighted by molar-refractivity contribution is 5.99. The number of carbonyl (C=O) groups excluding carboxylic acids is 1. The van der Waals surface area contributed by atoms with Crippen molar-refractivity contribution in [3.05, 3.63) is 29.3 Å². The van der Waals surface area contributed by atoms with Crippen LogP contribution in [0.25, 0.3) is 0 Å². The molecule has 5 heteroatoms. The number of fused-ring (bicyclic) bond motifs is 1. The van der Waals surface area contributed by atoms with Crippen molar-refractivity contribution in [3.8, 4) is 0 Å². The van der Waals surface area contributed by atoms with Gasteiger partial charge in [-0.25, -0.2) is 4.79 Å². The van der Waals surface area contributed by atoms with Gasteiger partial charge in [0.05, 0.1) is 11.6 Å². The number of aromatic carboxylic acids is 1. The number of nitrogens with two attached hydrogens (primary N) is 1. The van der Waals surface area contributed by atoms with E-state index in [1.807, 2.05) is 13.8 Å². The van der Waals surface area contributed by atoms with E-state index < -0.39 is 12.0 Å². The molecule has 3 N–H and O–H groups in total. The highest BCUT2D eigenvalue weighted by Gasteiger charge is 2.30. The summed E-state index contributed by atoms with van der Waals surface area (Å²) in [5.41, 5.74) is 7.94. The molecule has 1 aromatic rings. The van der Waals surface area contributed by atoms with Crippen LogP contribution in [-0.4, -0.2) is 29.6 Å². The molecular weight excluding hydrogens is 256 g/mol. The maximum absolute atomic E-state index is 12.4. The fraction of sp³-hybridized carbons (Fsp3) is 0.467. The van der Waals surface area contributed by atoms with E-state index in [9.17, 15) is 9.59 Å². The predicted molar refractivity (Wildman–Crippen MR) is 76.9 cm³/mol. The van der Waals surface area contributed by atoms with Gasteiger partial charge in [-0.3, -0.25) is 4.79 Å². The van der Waals surface area contributed by atoms with Gasteiger partial charge in [0.2, 0.25) is 5.91 Å². The Kier molecular flexibility index (Phi) is 4.09. The molecule has 20 heavy (non-hydrogen) atoms. The van der Waals surface area contributed by atoms with Crippen LogP contribution >= 0.6 is 0 Å². The molecule has 0 bridgehead atoms. The highest BCUT2D eigenvalue weighted by atomic mass is 16.4. The van der Waals surface area contributed by atoms with E-state index >= 15 is 0 Å². The van der Waals surface area contributed by atoms with Crippen LogP contribution < -0.4 is 10.6 Å². The molecule has 1 amide bonds. The Bertz CT molecular complexity index is 542. The monoisotopic (exact) mass is 276 g/mol. The lowest BCUT2D eigenvalue weighted by molar-refractivity contribution is -0.120. The molecular formula is C15H20N2O3. The molecule has 0 aromatic heterocycles. The van der Waals surface area contributed by atoms with Gasteiger partial charge < -0.3 is 15.7 Å². The fourth-order valence-corrected chi connectivity index (χ4v) is 2.44. The Labute approximate surface area is 118 Å². The molecule has 1 aromatic carbocycles.